The predicted octanol–water partition coefficient (Wildman–Crippen LogP) is 3.86. The lowest BCUT2D eigenvalue weighted by molar-refractivity contribution is 0.458. The van der Waals surface area contributed by atoms with Crippen molar-refractivity contribution in [3.8, 4) is 11.6 Å². The third-order valence-corrected chi connectivity index (χ3v) is 3.13. The first-order valence-electron chi connectivity index (χ1n) is 5.53. The van der Waals surface area contributed by atoms with E-state index in [-0.39, 0.29) is 16.9 Å². The molecule has 0 N–H and O–H groups in total. The highest BCUT2D eigenvalue weighted by molar-refractivity contribution is 9.10. The van der Waals surface area contributed by atoms with Gasteiger partial charge in [-0.2, -0.15) is 0 Å². The fourth-order valence-electron chi connectivity index (χ4n) is 1.62. The van der Waals surface area contributed by atoms with Gasteiger partial charge in [0.25, 0.3) is 0 Å². The Morgan fingerprint density at radius 2 is 1.95 bits per heavy atom. The maximum absolute atomic E-state index is 13.5. The Morgan fingerprint density at radius 3 is 2.75 bits per heavy atom. The zero-order valence-corrected chi connectivity index (χ0v) is 11.4. The number of nitrogens with zero attached hydrogens (tertiary/aromatic N) is 3. The molecular weight excluding hydrogens is 332 g/mol. The third kappa shape index (κ3) is 2.32. The van der Waals surface area contributed by atoms with Crippen LogP contribution in [0.4, 0.5) is 8.78 Å². The van der Waals surface area contributed by atoms with Crippen LogP contribution in [0.5, 0.6) is 11.6 Å². The van der Waals surface area contributed by atoms with Gasteiger partial charge in [0.05, 0.1) is 16.2 Å². The Balaban J connectivity index is 2.02. The number of hydrogen-bond donors (Lipinski definition) is 0. The van der Waals surface area contributed by atoms with Gasteiger partial charge < -0.3 is 4.74 Å². The van der Waals surface area contributed by atoms with Crippen molar-refractivity contribution >= 4 is 27.0 Å². The molecule has 3 rings (SSSR count). The molecule has 0 unspecified atom stereocenters. The van der Waals surface area contributed by atoms with Crippen LogP contribution in [0.1, 0.15) is 0 Å². The van der Waals surface area contributed by atoms with E-state index in [9.17, 15) is 8.78 Å². The molecule has 0 amide bonds. The summed E-state index contributed by atoms with van der Waals surface area (Å²) < 4.78 is 32.7. The topological polar surface area (TPSA) is 47.9 Å². The van der Waals surface area contributed by atoms with E-state index in [2.05, 4.69) is 30.9 Å². The van der Waals surface area contributed by atoms with Gasteiger partial charge in [-0.25, -0.2) is 18.7 Å². The second-order valence-corrected chi connectivity index (χ2v) is 4.70. The molecule has 7 heteroatoms. The molecule has 0 spiro atoms. The van der Waals surface area contributed by atoms with Crippen molar-refractivity contribution in [2.75, 3.05) is 0 Å². The Kier molecular flexibility index (Phi) is 3.27. The molecule has 0 saturated carbocycles. The second kappa shape index (κ2) is 5.09. The third-order valence-electron chi connectivity index (χ3n) is 2.53. The highest BCUT2D eigenvalue weighted by Crippen LogP contribution is 2.28. The molecule has 0 aliphatic carbocycles. The number of fused-ring (bicyclic) bond motifs is 1. The molecule has 0 aliphatic rings. The van der Waals surface area contributed by atoms with Crippen LogP contribution in [0.2, 0.25) is 0 Å². The van der Waals surface area contributed by atoms with E-state index in [0.29, 0.717) is 10.2 Å². The molecule has 0 radical (unpaired) electrons. The minimum Gasteiger partial charge on any atom is -0.436 e. The normalized spacial score (nSPS) is 10.8. The van der Waals surface area contributed by atoms with Gasteiger partial charge in [-0.15, -0.1) is 0 Å². The molecule has 1 aromatic carbocycles. The van der Waals surface area contributed by atoms with Crippen LogP contribution < -0.4 is 4.74 Å². The Morgan fingerprint density at radius 1 is 1.10 bits per heavy atom. The largest absolute Gasteiger partial charge is 0.436 e. The van der Waals surface area contributed by atoms with Crippen LogP contribution >= 0.6 is 15.9 Å². The van der Waals surface area contributed by atoms with Crippen molar-refractivity contribution in [2.45, 2.75) is 0 Å². The first-order chi connectivity index (χ1) is 9.65. The first kappa shape index (κ1) is 12.9. The van der Waals surface area contributed by atoms with Gasteiger partial charge in [0.1, 0.15) is 11.3 Å². The van der Waals surface area contributed by atoms with Gasteiger partial charge in [0, 0.05) is 18.5 Å². The number of halogens is 3. The summed E-state index contributed by atoms with van der Waals surface area (Å²) in [5, 5.41) is 0. The quantitative estimate of drug-likeness (QED) is 0.712. The Bertz CT molecular complexity index is 798. The van der Waals surface area contributed by atoms with Gasteiger partial charge in [-0.05, 0) is 28.1 Å². The summed E-state index contributed by atoms with van der Waals surface area (Å²) in [5.74, 6) is -1.31. The minimum absolute atomic E-state index is 0.133. The van der Waals surface area contributed by atoms with Crippen molar-refractivity contribution in [1.29, 1.82) is 0 Å². The highest BCUT2D eigenvalue weighted by atomic mass is 79.9. The highest BCUT2D eigenvalue weighted by Gasteiger charge is 2.11. The van der Waals surface area contributed by atoms with Crippen LogP contribution in [-0.2, 0) is 0 Å². The van der Waals surface area contributed by atoms with Gasteiger partial charge >= 0.3 is 0 Å². The maximum Gasteiger partial charge on any atom is 0.238 e. The second-order valence-electron chi connectivity index (χ2n) is 3.85. The van der Waals surface area contributed by atoms with Crippen LogP contribution in [0.3, 0.4) is 0 Å². The first-order valence-corrected chi connectivity index (χ1v) is 6.32. The standard InChI is InChI=1S/C13H6BrF2N3O/c14-7-5-17-4-3-10(7)20-11-6-18-13-9(19-11)2-1-8(15)12(13)16/h1-6H. The summed E-state index contributed by atoms with van der Waals surface area (Å²) in [4.78, 5) is 11.8. The summed E-state index contributed by atoms with van der Waals surface area (Å²) in [6, 6.07) is 3.98. The number of hydrogen-bond acceptors (Lipinski definition) is 4. The summed E-state index contributed by atoms with van der Waals surface area (Å²) in [5.41, 5.74) is 0.0812. The van der Waals surface area contributed by atoms with E-state index in [1.165, 1.54) is 12.3 Å². The summed E-state index contributed by atoms with van der Waals surface area (Å²) in [6.45, 7) is 0. The number of aromatic nitrogens is 3. The van der Waals surface area contributed by atoms with E-state index in [4.69, 9.17) is 4.74 Å². The number of benzene rings is 1. The fraction of sp³-hybridized carbons (Fsp3) is 0. The van der Waals surface area contributed by atoms with Crippen molar-refractivity contribution in [1.82, 2.24) is 15.0 Å². The van der Waals surface area contributed by atoms with Gasteiger partial charge in [-0.1, -0.05) is 0 Å². The van der Waals surface area contributed by atoms with Crippen LogP contribution in [0, 0.1) is 11.6 Å². The average molecular weight is 338 g/mol. The molecule has 0 atom stereocenters. The van der Waals surface area contributed by atoms with E-state index < -0.39 is 11.6 Å². The average Bonchev–Trinajstić information content (AvgIpc) is 2.46. The zero-order chi connectivity index (χ0) is 14.1. The van der Waals surface area contributed by atoms with E-state index in [1.54, 1.807) is 18.5 Å². The van der Waals surface area contributed by atoms with Crippen molar-refractivity contribution in [3.63, 3.8) is 0 Å². The minimum atomic E-state index is -1.02. The Hall–Kier alpha value is -2.15. The molecule has 20 heavy (non-hydrogen) atoms. The monoisotopic (exact) mass is 337 g/mol. The lowest BCUT2D eigenvalue weighted by Gasteiger charge is -2.07. The van der Waals surface area contributed by atoms with Crippen LogP contribution in [-0.4, -0.2) is 15.0 Å². The number of rotatable bonds is 2. The molecule has 3 aromatic rings. The number of ether oxygens (including phenoxy) is 1. The molecule has 2 heterocycles. The SMILES string of the molecule is Fc1ccc2nc(Oc3ccncc3Br)cnc2c1F. The van der Waals surface area contributed by atoms with Gasteiger partial charge in [0.2, 0.25) is 5.88 Å². The van der Waals surface area contributed by atoms with Crippen LogP contribution in [0.15, 0.2) is 41.3 Å². The smallest absolute Gasteiger partial charge is 0.238 e. The van der Waals surface area contributed by atoms with Crippen molar-refractivity contribution in [2.24, 2.45) is 0 Å². The molecular formula is C13H6BrF2N3O. The maximum atomic E-state index is 13.5. The van der Waals surface area contributed by atoms with Crippen LogP contribution in [0.25, 0.3) is 11.0 Å². The molecule has 0 saturated heterocycles. The molecule has 2 aromatic heterocycles. The predicted molar refractivity (Wildman–Crippen MR) is 71.5 cm³/mol. The van der Waals surface area contributed by atoms with E-state index >= 15 is 0 Å². The summed E-state index contributed by atoms with van der Waals surface area (Å²) in [6.07, 6.45) is 4.36. The van der Waals surface area contributed by atoms with Gasteiger partial charge in [0.15, 0.2) is 11.6 Å². The van der Waals surface area contributed by atoms with Crippen molar-refractivity contribution < 1.29 is 13.5 Å². The zero-order valence-electron chi connectivity index (χ0n) is 9.85. The number of pyridine rings is 1. The summed E-state index contributed by atoms with van der Waals surface area (Å²) >= 11 is 3.28. The molecule has 0 bridgehead atoms. The summed E-state index contributed by atoms with van der Waals surface area (Å²) in [7, 11) is 0. The Labute approximate surface area is 120 Å². The molecule has 0 fully saturated rings. The van der Waals surface area contributed by atoms with Crippen molar-refractivity contribution in [3.05, 3.63) is 52.9 Å². The molecule has 100 valence electrons. The van der Waals surface area contributed by atoms with E-state index in [1.807, 2.05) is 0 Å². The van der Waals surface area contributed by atoms with E-state index in [0.717, 1.165) is 6.07 Å². The molecule has 0 aliphatic heterocycles. The lowest BCUT2D eigenvalue weighted by Crippen LogP contribution is -1.95. The lowest BCUT2D eigenvalue weighted by atomic mass is 10.3. The fourth-order valence-corrected chi connectivity index (χ4v) is 1.95. The van der Waals surface area contributed by atoms with Gasteiger partial charge in [-0.3, -0.25) is 4.98 Å². The molecule has 4 nitrogen and oxygen atoms in total.